The Hall–Kier alpha value is -1.14. The Balaban J connectivity index is 1.79. The first kappa shape index (κ1) is 14.8. The number of aromatic nitrogens is 1. The van der Waals surface area contributed by atoms with E-state index in [1.54, 1.807) is 11.3 Å². The fourth-order valence-electron chi connectivity index (χ4n) is 2.97. The first-order chi connectivity index (χ1) is 10.1. The van der Waals surface area contributed by atoms with Crippen LogP contribution in [-0.4, -0.2) is 36.3 Å². The Bertz CT molecular complexity index is 523. The molecule has 1 fully saturated rings. The van der Waals surface area contributed by atoms with E-state index in [-0.39, 0.29) is 17.4 Å². The molecular weight excluding hydrogens is 288 g/mol. The van der Waals surface area contributed by atoms with Crippen molar-refractivity contribution >= 4 is 22.4 Å². The van der Waals surface area contributed by atoms with Gasteiger partial charge >= 0.3 is 5.97 Å². The van der Waals surface area contributed by atoms with E-state index in [0.717, 1.165) is 43.1 Å². The van der Waals surface area contributed by atoms with Gasteiger partial charge in [-0.15, -0.1) is 11.3 Å². The minimum absolute atomic E-state index is 0.0418. The molecule has 2 unspecified atom stereocenters. The Kier molecular flexibility index (Phi) is 4.17. The summed E-state index contributed by atoms with van der Waals surface area (Å²) in [5.41, 5.74) is 0.884. The Morgan fingerprint density at radius 1 is 1.62 bits per heavy atom. The summed E-state index contributed by atoms with van der Waals surface area (Å²) in [6.45, 7) is 5.92. The molecule has 21 heavy (non-hydrogen) atoms. The third-order valence-corrected chi connectivity index (χ3v) is 5.20. The normalized spacial score (nSPS) is 28.2. The number of anilines is 1. The van der Waals surface area contributed by atoms with Crippen molar-refractivity contribution in [2.45, 2.75) is 51.0 Å². The van der Waals surface area contributed by atoms with Crippen LogP contribution in [0.4, 0.5) is 5.13 Å². The molecule has 1 aliphatic heterocycles. The molecule has 116 valence electrons. The largest absolute Gasteiger partial charge is 0.465 e. The zero-order valence-corrected chi connectivity index (χ0v) is 13.4. The second-order valence-electron chi connectivity index (χ2n) is 6.01. The zero-order valence-electron chi connectivity index (χ0n) is 12.6. The highest BCUT2D eigenvalue weighted by atomic mass is 32.1. The zero-order chi connectivity index (χ0) is 14.9. The van der Waals surface area contributed by atoms with Gasteiger partial charge in [0.25, 0.3) is 0 Å². The summed E-state index contributed by atoms with van der Waals surface area (Å²) in [6, 6.07) is 0. The third kappa shape index (κ3) is 3.06. The number of ether oxygens (including phenoxy) is 2. The fraction of sp³-hybridized carbons (Fsp3) is 0.733. The van der Waals surface area contributed by atoms with Gasteiger partial charge in [-0.2, -0.15) is 0 Å². The maximum Gasteiger partial charge on any atom is 0.315 e. The number of fused-ring (bicyclic) bond motifs is 1. The number of rotatable bonds is 4. The van der Waals surface area contributed by atoms with Gasteiger partial charge in [-0.25, -0.2) is 4.98 Å². The summed E-state index contributed by atoms with van der Waals surface area (Å²) in [5.74, 6) is -0.321. The van der Waals surface area contributed by atoms with Crippen molar-refractivity contribution in [3.63, 3.8) is 0 Å². The predicted octanol–water partition coefficient (Wildman–Crippen LogP) is 2.72. The molecule has 2 aliphatic rings. The molecule has 0 saturated carbocycles. The molecule has 6 heteroatoms. The number of nitrogens with one attached hydrogen (secondary N) is 1. The van der Waals surface area contributed by atoms with Crippen molar-refractivity contribution < 1.29 is 14.3 Å². The van der Waals surface area contributed by atoms with E-state index in [0.29, 0.717) is 13.2 Å². The average Bonchev–Trinajstić information content (AvgIpc) is 3.04. The van der Waals surface area contributed by atoms with Crippen molar-refractivity contribution in [2.75, 3.05) is 25.1 Å². The van der Waals surface area contributed by atoms with Crippen LogP contribution in [0.5, 0.6) is 0 Å². The van der Waals surface area contributed by atoms with Gasteiger partial charge in [0.15, 0.2) is 5.13 Å². The van der Waals surface area contributed by atoms with E-state index < -0.39 is 0 Å². The van der Waals surface area contributed by atoms with E-state index in [1.807, 2.05) is 6.92 Å². The number of carbonyl (C=O) groups is 1. The molecular formula is C15H22N2O3S. The molecule has 0 radical (unpaired) electrons. The predicted molar refractivity (Wildman–Crippen MR) is 81.9 cm³/mol. The molecule has 1 aliphatic carbocycles. The second kappa shape index (κ2) is 5.93. The molecule has 1 aromatic rings. The maximum absolute atomic E-state index is 12.1. The van der Waals surface area contributed by atoms with Gasteiger partial charge in [0.2, 0.25) is 0 Å². The number of esters is 1. The van der Waals surface area contributed by atoms with Crippen LogP contribution in [0.25, 0.3) is 0 Å². The number of carbonyl (C=O) groups excluding carboxylic acids is 1. The lowest BCUT2D eigenvalue weighted by atomic mass is 9.91. The quantitative estimate of drug-likeness (QED) is 0.867. The standard InChI is InChI=1S/C15H22N2O3S/c1-3-20-13(18)10-5-4-6-11-12(10)16-14(21-11)17-15(2)7-8-19-9-15/h10H,3-9H2,1-2H3,(H,16,17). The molecule has 1 N–H and O–H groups in total. The molecule has 2 atom stereocenters. The highest BCUT2D eigenvalue weighted by Crippen LogP contribution is 2.38. The molecule has 5 nitrogen and oxygen atoms in total. The van der Waals surface area contributed by atoms with Gasteiger partial charge in [-0.1, -0.05) is 0 Å². The number of hydrogen-bond acceptors (Lipinski definition) is 6. The van der Waals surface area contributed by atoms with Crippen LogP contribution in [0.2, 0.25) is 0 Å². The number of thiazole rings is 1. The number of nitrogens with zero attached hydrogens (tertiary/aromatic N) is 1. The van der Waals surface area contributed by atoms with Crippen LogP contribution in [0.15, 0.2) is 0 Å². The average molecular weight is 310 g/mol. The van der Waals surface area contributed by atoms with E-state index in [2.05, 4.69) is 12.2 Å². The minimum atomic E-state index is -0.187. The van der Waals surface area contributed by atoms with Crippen LogP contribution >= 0.6 is 11.3 Å². The van der Waals surface area contributed by atoms with E-state index in [1.165, 1.54) is 4.88 Å². The molecule has 0 aromatic carbocycles. The van der Waals surface area contributed by atoms with Crippen molar-refractivity contribution in [2.24, 2.45) is 0 Å². The van der Waals surface area contributed by atoms with Gasteiger partial charge < -0.3 is 14.8 Å². The SMILES string of the molecule is CCOC(=O)C1CCCc2sc(NC3(C)CCOC3)nc21. The summed E-state index contributed by atoms with van der Waals surface area (Å²) in [7, 11) is 0. The first-order valence-corrected chi connectivity index (χ1v) is 8.45. The van der Waals surface area contributed by atoms with Crippen molar-refractivity contribution in [1.82, 2.24) is 4.98 Å². The third-order valence-electron chi connectivity index (χ3n) is 4.15. The number of hydrogen-bond donors (Lipinski definition) is 1. The lowest BCUT2D eigenvalue weighted by Gasteiger charge is -2.22. The molecule has 1 saturated heterocycles. The molecule has 0 spiro atoms. The van der Waals surface area contributed by atoms with Gasteiger partial charge in [0.1, 0.15) is 5.92 Å². The van der Waals surface area contributed by atoms with Gasteiger partial charge in [-0.3, -0.25) is 4.79 Å². The summed E-state index contributed by atoms with van der Waals surface area (Å²) >= 11 is 1.67. The van der Waals surface area contributed by atoms with Crippen LogP contribution in [0.3, 0.4) is 0 Å². The van der Waals surface area contributed by atoms with Crippen molar-refractivity contribution in [3.05, 3.63) is 10.6 Å². The Morgan fingerprint density at radius 2 is 2.48 bits per heavy atom. The van der Waals surface area contributed by atoms with Gasteiger partial charge in [0.05, 0.1) is 24.4 Å². The lowest BCUT2D eigenvalue weighted by Crippen LogP contribution is -2.34. The minimum Gasteiger partial charge on any atom is -0.465 e. The second-order valence-corrected chi connectivity index (χ2v) is 7.10. The Morgan fingerprint density at radius 3 is 3.19 bits per heavy atom. The lowest BCUT2D eigenvalue weighted by molar-refractivity contribution is -0.145. The van der Waals surface area contributed by atoms with Crippen molar-refractivity contribution in [1.29, 1.82) is 0 Å². The van der Waals surface area contributed by atoms with Gasteiger partial charge in [0, 0.05) is 11.5 Å². The summed E-state index contributed by atoms with van der Waals surface area (Å²) < 4.78 is 10.7. The summed E-state index contributed by atoms with van der Waals surface area (Å²) in [6.07, 6.45) is 3.87. The number of aryl methyl sites for hydroxylation is 1. The smallest absolute Gasteiger partial charge is 0.315 e. The van der Waals surface area contributed by atoms with Crippen molar-refractivity contribution in [3.8, 4) is 0 Å². The van der Waals surface area contributed by atoms with Crippen LogP contribution in [-0.2, 0) is 20.7 Å². The van der Waals surface area contributed by atoms with Crippen LogP contribution in [0, 0.1) is 0 Å². The monoisotopic (exact) mass is 310 g/mol. The first-order valence-electron chi connectivity index (χ1n) is 7.63. The van der Waals surface area contributed by atoms with E-state index in [9.17, 15) is 4.79 Å². The topological polar surface area (TPSA) is 60.5 Å². The van der Waals surface area contributed by atoms with E-state index in [4.69, 9.17) is 14.5 Å². The van der Waals surface area contributed by atoms with Gasteiger partial charge in [-0.05, 0) is 39.5 Å². The maximum atomic E-state index is 12.1. The fourth-order valence-corrected chi connectivity index (χ4v) is 4.18. The molecule has 0 bridgehead atoms. The summed E-state index contributed by atoms with van der Waals surface area (Å²) in [5, 5.41) is 4.40. The van der Waals surface area contributed by atoms with Crippen LogP contribution < -0.4 is 5.32 Å². The summed E-state index contributed by atoms with van der Waals surface area (Å²) in [4.78, 5) is 18.0. The molecule has 2 heterocycles. The Labute approximate surface area is 129 Å². The molecule has 0 amide bonds. The van der Waals surface area contributed by atoms with E-state index >= 15 is 0 Å². The highest BCUT2D eigenvalue weighted by Gasteiger charge is 2.34. The van der Waals surface area contributed by atoms with Crippen LogP contribution in [0.1, 0.15) is 49.6 Å². The highest BCUT2D eigenvalue weighted by molar-refractivity contribution is 7.15. The molecule has 1 aromatic heterocycles. The molecule has 3 rings (SSSR count).